The minimum Gasteiger partial charge on any atom is -0.508 e. The highest BCUT2D eigenvalue weighted by Crippen LogP contribution is 2.36. The predicted molar refractivity (Wildman–Crippen MR) is 139 cm³/mol. The fourth-order valence-electron chi connectivity index (χ4n) is 4.70. The molecule has 0 bridgehead atoms. The third-order valence-corrected chi connectivity index (χ3v) is 6.60. The number of fused-ring (bicyclic) bond motifs is 1. The number of hydrogen-bond donors (Lipinski definition) is 1. The Labute approximate surface area is 208 Å². The average molecular weight is 479 g/mol. The van der Waals surface area contributed by atoms with Gasteiger partial charge in [-0.05, 0) is 62.0 Å². The van der Waals surface area contributed by atoms with Crippen molar-refractivity contribution in [2.75, 3.05) is 38.1 Å². The van der Waals surface area contributed by atoms with E-state index < -0.39 is 0 Å². The summed E-state index contributed by atoms with van der Waals surface area (Å²) < 4.78 is 1.81. The molecule has 5 aromatic rings. The molecule has 4 aromatic heterocycles. The van der Waals surface area contributed by atoms with E-state index in [2.05, 4.69) is 44.2 Å². The molecular weight excluding hydrogens is 452 g/mol. The number of rotatable bonds is 4. The van der Waals surface area contributed by atoms with Crippen LogP contribution in [-0.2, 0) is 0 Å². The van der Waals surface area contributed by atoms with Crippen LogP contribution >= 0.6 is 0 Å². The van der Waals surface area contributed by atoms with Gasteiger partial charge in [0.2, 0.25) is 0 Å². The molecule has 0 unspecified atom stereocenters. The van der Waals surface area contributed by atoms with Gasteiger partial charge in [-0.25, -0.2) is 9.50 Å². The quantitative estimate of drug-likeness (QED) is 0.417. The van der Waals surface area contributed by atoms with Gasteiger partial charge in [0.25, 0.3) is 0 Å². The van der Waals surface area contributed by atoms with Crippen molar-refractivity contribution < 1.29 is 5.11 Å². The lowest BCUT2D eigenvalue weighted by molar-refractivity contribution is 0.360. The van der Waals surface area contributed by atoms with Crippen molar-refractivity contribution in [3.8, 4) is 39.4 Å². The van der Waals surface area contributed by atoms with E-state index in [4.69, 9.17) is 10.1 Å². The van der Waals surface area contributed by atoms with Crippen LogP contribution in [0.5, 0.6) is 5.75 Å². The highest BCUT2D eigenvalue weighted by Gasteiger charge is 2.21. The van der Waals surface area contributed by atoms with Gasteiger partial charge in [-0.1, -0.05) is 12.1 Å². The van der Waals surface area contributed by atoms with Crippen LogP contribution in [0, 0.1) is 0 Å². The van der Waals surface area contributed by atoms with E-state index in [0.717, 1.165) is 72.1 Å². The van der Waals surface area contributed by atoms with Crippen LogP contribution < -0.4 is 4.90 Å². The molecule has 1 N–H and O–H groups in total. The molecule has 1 aliphatic rings. The molecule has 0 aliphatic carbocycles. The first-order valence-corrected chi connectivity index (χ1v) is 12.0. The van der Waals surface area contributed by atoms with E-state index in [1.807, 2.05) is 30.5 Å². The van der Waals surface area contributed by atoms with Gasteiger partial charge in [-0.15, -0.1) is 5.10 Å². The van der Waals surface area contributed by atoms with Crippen LogP contribution in [0.1, 0.15) is 6.42 Å². The van der Waals surface area contributed by atoms with Crippen LogP contribution in [0.3, 0.4) is 0 Å². The predicted octanol–water partition coefficient (Wildman–Crippen LogP) is 3.76. The van der Waals surface area contributed by atoms with Crippen molar-refractivity contribution in [3.63, 3.8) is 0 Å². The molecular formula is C27H26N8O. The number of aromatic nitrogens is 6. The normalized spacial score (nSPS) is 14.8. The zero-order chi connectivity index (χ0) is 24.5. The molecule has 9 heteroatoms. The highest BCUT2D eigenvalue weighted by molar-refractivity contribution is 5.91. The SMILES string of the molecule is CN1CCCN(c2ccc(-c3cnnc4c(-c5cccc(O)c5)c(-c5ccncc5)nn34)cn2)CC1. The zero-order valence-corrected chi connectivity index (χ0v) is 20.0. The summed E-state index contributed by atoms with van der Waals surface area (Å²) in [5, 5.41) is 23.9. The number of likely N-dealkylation sites (N-methyl/N-ethyl adjacent to an activating group) is 1. The summed E-state index contributed by atoms with van der Waals surface area (Å²) in [7, 11) is 2.16. The summed E-state index contributed by atoms with van der Waals surface area (Å²) >= 11 is 0. The Kier molecular flexibility index (Phi) is 5.74. The molecule has 180 valence electrons. The molecule has 0 spiro atoms. The van der Waals surface area contributed by atoms with Crippen LogP contribution in [-0.4, -0.2) is 73.0 Å². The summed E-state index contributed by atoms with van der Waals surface area (Å²) in [6.07, 6.45) is 8.18. The van der Waals surface area contributed by atoms with Crippen molar-refractivity contribution in [1.29, 1.82) is 0 Å². The minimum atomic E-state index is 0.177. The van der Waals surface area contributed by atoms with E-state index >= 15 is 0 Å². The maximum Gasteiger partial charge on any atom is 0.186 e. The van der Waals surface area contributed by atoms with Gasteiger partial charge in [0.15, 0.2) is 5.65 Å². The number of anilines is 1. The zero-order valence-electron chi connectivity index (χ0n) is 20.0. The lowest BCUT2D eigenvalue weighted by atomic mass is 10.0. The number of nitrogens with zero attached hydrogens (tertiary/aromatic N) is 8. The van der Waals surface area contributed by atoms with Crippen molar-refractivity contribution >= 4 is 11.5 Å². The van der Waals surface area contributed by atoms with E-state index in [0.29, 0.717) is 5.65 Å². The molecule has 9 nitrogen and oxygen atoms in total. The fourth-order valence-corrected chi connectivity index (χ4v) is 4.70. The first-order chi connectivity index (χ1) is 17.7. The van der Waals surface area contributed by atoms with Crippen LogP contribution in [0.4, 0.5) is 5.82 Å². The highest BCUT2D eigenvalue weighted by atomic mass is 16.3. The van der Waals surface area contributed by atoms with Crippen molar-refractivity contribution in [3.05, 3.63) is 73.3 Å². The molecule has 0 atom stereocenters. The number of phenolic OH excluding ortho intramolecular Hbond substituents is 1. The van der Waals surface area contributed by atoms with Crippen molar-refractivity contribution in [1.82, 2.24) is 34.7 Å². The summed E-state index contributed by atoms with van der Waals surface area (Å²) in [6.45, 7) is 4.10. The van der Waals surface area contributed by atoms with Gasteiger partial charge in [0.1, 0.15) is 17.3 Å². The third-order valence-electron chi connectivity index (χ3n) is 6.60. The molecule has 5 heterocycles. The Balaban J connectivity index is 1.46. The molecule has 1 aromatic carbocycles. The van der Waals surface area contributed by atoms with Gasteiger partial charge in [0, 0.05) is 49.4 Å². The summed E-state index contributed by atoms with van der Waals surface area (Å²) in [6, 6.07) is 15.1. The maximum absolute atomic E-state index is 10.2. The number of benzene rings is 1. The molecule has 6 rings (SSSR count). The second-order valence-corrected chi connectivity index (χ2v) is 9.02. The first-order valence-electron chi connectivity index (χ1n) is 12.0. The van der Waals surface area contributed by atoms with Gasteiger partial charge in [-0.2, -0.15) is 10.2 Å². The summed E-state index contributed by atoms with van der Waals surface area (Å²) in [5.74, 6) is 1.15. The van der Waals surface area contributed by atoms with E-state index in [-0.39, 0.29) is 5.75 Å². The Morgan fingerprint density at radius 2 is 1.75 bits per heavy atom. The topological polar surface area (TPSA) is 95.6 Å². The van der Waals surface area contributed by atoms with Gasteiger partial charge in [-0.3, -0.25) is 4.98 Å². The fraction of sp³-hybridized carbons (Fsp3) is 0.222. The van der Waals surface area contributed by atoms with Crippen molar-refractivity contribution in [2.45, 2.75) is 6.42 Å². The summed E-state index contributed by atoms with van der Waals surface area (Å²) in [4.78, 5) is 13.6. The van der Waals surface area contributed by atoms with Crippen LogP contribution in [0.25, 0.3) is 39.3 Å². The molecule has 0 amide bonds. The minimum absolute atomic E-state index is 0.177. The number of hydrogen-bond acceptors (Lipinski definition) is 8. The van der Waals surface area contributed by atoms with E-state index in [9.17, 15) is 5.11 Å². The molecule has 0 saturated carbocycles. The second kappa shape index (κ2) is 9.35. The third kappa shape index (κ3) is 4.14. The number of phenols is 1. The van der Waals surface area contributed by atoms with Crippen molar-refractivity contribution in [2.24, 2.45) is 0 Å². The summed E-state index contributed by atoms with van der Waals surface area (Å²) in [5.41, 5.74) is 5.53. The molecule has 36 heavy (non-hydrogen) atoms. The maximum atomic E-state index is 10.2. The Hall–Kier alpha value is -4.37. The Morgan fingerprint density at radius 1 is 0.861 bits per heavy atom. The lowest BCUT2D eigenvalue weighted by Gasteiger charge is -2.21. The molecule has 1 saturated heterocycles. The van der Waals surface area contributed by atoms with Gasteiger partial charge in [0.05, 0.1) is 17.5 Å². The van der Waals surface area contributed by atoms with Crippen LogP contribution in [0.2, 0.25) is 0 Å². The van der Waals surface area contributed by atoms with E-state index in [1.165, 1.54) is 0 Å². The standard InChI is InChI=1S/C27H26N8O/c1-33-12-3-13-34(15-14-33)24-7-6-21(17-29-24)23-18-30-31-27-25(20-4-2-5-22(36)16-20)26(32-35(23)27)19-8-10-28-11-9-19/h2,4-11,16-18,36H,3,12-15H2,1H3. The first kappa shape index (κ1) is 22.1. The average Bonchev–Trinajstić information content (AvgIpc) is 3.18. The smallest absolute Gasteiger partial charge is 0.186 e. The van der Waals surface area contributed by atoms with Crippen LogP contribution in [0.15, 0.2) is 73.3 Å². The van der Waals surface area contributed by atoms with Gasteiger partial charge < -0.3 is 14.9 Å². The largest absolute Gasteiger partial charge is 0.508 e. The van der Waals surface area contributed by atoms with Gasteiger partial charge >= 0.3 is 0 Å². The lowest BCUT2D eigenvalue weighted by Crippen LogP contribution is -2.29. The number of pyridine rings is 2. The molecule has 1 fully saturated rings. The second-order valence-electron chi connectivity index (χ2n) is 9.02. The molecule has 1 aliphatic heterocycles. The monoisotopic (exact) mass is 478 g/mol. The molecule has 0 radical (unpaired) electrons. The van der Waals surface area contributed by atoms with E-state index in [1.54, 1.807) is 35.2 Å². The Morgan fingerprint density at radius 3 is 2.56 bits per heavy atom. The number of aromatic hydroxyl groups is 1. The Bertz CT molecular complexity index is 1500.